The van der Waals surface area contributed by atoms with E-state index >= 15 is 0 Å². The zero-order valence-corrected chi connectivity index (χ0v) is 13.2. The summed E-state index contributed by atoms with van der Waals surface area (Å²) in [6, 6.07) is 3.79. The van der Waals surface area contributed by atoms with Crippen LogP contribution in [0.15, 0.2) is 16.5 Å². The van der Waals surface area contributed by atoms with Crippen LogP contribution in [0.3, 0.4) is 0 Å². The van der Waals surface area contributed by atoms with Gasteiger partial charge >= 0.3 is 0 Å². The van der Waals surface area contributed by atoms with Crippen molar-refractivity contribution in [2.45, 2.75) is 47.5 Å². The Hall–Kier alpha value is -1.06. The minimum atomic E-state index is 0.0751. The van der Waals surface area contributed by atoms with E-state index in [9.17, 15) is 0 Å². The van der Waals surface area contributed by atoms with E-state index in [1.165, 1.54) is 6.42 Å². The Morgan fingerprint density at radius 1 is 1.26 bits per heavy atom. The van der Waals surface area contributed by atoms with Crippen LogP contribution in [0, 0.1) is 6.92 Å². The number of aryl methyl sites for hydroxylation is 1. The van der Waals surface area contributed by atoms with E-state index in [-0.39, 0.29) is 6.61 Å². The van der Waals surface area contributed by atoms with Gasteiger partial charge in [0.2, 0.25) is 0 Å². The van der Waals surface area contributed by atoms with E-state index in [0.29, 0.717) is 17.2 Å². The Balaban J connectivity index is 0.000000573. The van der Waals surface area contributed by atoms with Crippen LogP contribution in [0.1, 0.15) is 45.6 Å². The maximum Gasteiger partial charge on any atom is 0.172 e. The summed E-state index contributed by atoms with van der Waals surface area (Å²) in [6.07, 6.45) is 1.76. The summed E-state index contributed by atoms with van der Waals surface area (Å²) in [5.74, 6) is 0.810. The van der Waals surface area contributed by atoms with Gasteiger partial charge < -0.3 is 9.52 Å². The highest BCUT2D eigenvalue weighted by atomic mass is 35.5. The van der Waals surface area contributed by atoms with E-state index in [4.69, 9.17) is 21.1 Å². The van der Waals surface area contributed by atoms with Gasteiger partial charge in [-0.2, -0.15) is 0 Å². The summed E-state index contributed by atoms with van der Waals surface area (Å²) >= 11 is 5.92. The number of nitrogens with zero attached hydrogens (tertiary/aromatic N) is 1. The number of hydrogen-bond donors (Lipinski definition) is 1. The molecule has 0 radical (unpaired) electrons. The van der Waals surface area contributed by atoms with Gasteiger partial charge in [0.15, 0.2) is 10.7 Å². The first-order valence-electron chi connectivity index (χ1n) is 6.78. The largest absolute Gasteiger partial charge is 0.458 e. The zero-order valence-electron chi connectivity index (χ0n) is 12.5. The van der Waals surface area contributed by atoms with Gasteiger partial charge in [0, 0.05) is 24.1 Å². The van der Waals surface area contributed by atoms with Crippen LogP contribution < -0.4 is 0 Å². The molecular formula is C15H24ClNO2. The van der Waals surface area contributed by atoms with E-state index in [1.807, 2.05) is 32.9 Å². The fourth-order valence-electron chi connectivity index (χ4n) is 1.43. The summed E-state index contributed by atoms with van der Waals surface area (Å²) < 4.78 is 5.37. The third kappa shape index (κ3) is 5.62. The molecule has 2 aromatic heterocycles. The lowest BCUT2D eigenvalue weighted by atomic mass is 10.2. The molecule has 3 nitrogen and oxygen atoms in total. The van der Waals surface area contributed by atoms with Crippen LogP contribution in [0.5, 0.6) is 0 Å². The molecule has 1 N–H and O–H groups in total. The van der Waals surface area contributed by atoms with E-state index in [0.717, 1.165) is 16.8 Å². The number of aliphatic hydroxyl groups excluding tert-OH is 1. The Labute approximate surface area is 120 Å². The molecule has 0 atom stereocenters. The van der Waals surface area contributed by atoms with E-state index < -0.39 is 0 Å². The smallest absolute Gasteiger partial charge is 0.172 e. The van der Waals surface area contributed by atoms with Gasteiger partial charge in [0.25, 0.3) is 0 Å². The van der Waals surface area contributed by atoms with Crippen molar-refractivity contribution in [3.05, 3.63) is 28.7 Å². The highest BCUT2D eigenvalue weighted by Gasteiger charge is 2.08. The lowest BCUT2D eigenvalue weighted by Crippen LogP contribution is -1.94. The van der Waals surface area contributed by atoms with Gasteiger partial charge in [-0.3, -0.25) is 0 Å². The molecule has 0 saturated heterocycles. The molecule has 0 bridgehead atoms. The number of furan rings is 1. The second kappa shape index (κ2) is 9.82. The molecule has 0 aliphatic rings. The average molecular weight is 286 g/mol. The molecule has 0 fully saturated rings. The van der Waals surface area contributed by atoms with Gasteiger partial charge in [-0.25, -0.2) is 4.98 Å². The van der Waals surface area contributed by atoms with Crippen LogP contribution in [0.2, 0.25) is 5.15 Å². The van der Waals surface area contributed by atoms with Crippen LogP contribution in [0.4, 0.5) is 0 Å². The quantitative estimate of drug-likeness (QED) is 0.809. The summed E-state index contributed by atoms with van der Waals surface area (Å²) in [6.45, 7) is 10.2. The number of fused-ring (bicyclic) bond motifs is 1. The van der Waals surface area contributed by atoms with Crippen LogP contribution in [-0.4, -0.2) is 16.7 Å². The Bertz CT molecular complexity index is 480. The minimum Gasteiger partial charge on any atom is -0.458 e. The van der Waals surface area contributed by atoms with E-state index in [1.54, 1.807) is 0 Å². The second-order valence-corrected chi connectivity index (χ2v) is 4.22. The highest BCUT2D eigenvalue weighted by Crippen LogP contribution is 2.25. The molecule has 108 valence electrons. The lowest BCUT2D eigenvalue weighted by Gasteiger charge is -1.98. The van der Waals surface area contributed by atoms with Crippen LogP contribution in [0.25, 0.3) is 11.0 Å². The normalized spacial score (nSPS) is 9.42. The lowest BCUT2D eigenvalue weighted by molar-refractivity contribution is 0.298. The molecule has 4 heteroatoms. The SMILES string of the molecule is CC.CCC.Cc1cc2cc(CCO)nc(Cl)c2o1. The molecule has 2 rings (SSSR count). The molecular weight excluding hydrogens is 262 g/mol. The van der Waals surface area contributed by atoms with Crippen LogP contribution >= 0.6 is 11.6 Å². The van der Waals surface area contributed by atoms with Crippen molar-refractivity contribution in [3.8, 4) is 0 Å². The van der Waals surface area contributed by atoms with Gasteiger partial charge in [-0.15, -0.1) is 0 Å². The third-order valence-corrected chi connectivity index (χ3v) is 2.26. The Kier molecular flexibility index (Phi) is 9.27. The van der Waals surface area contributed by atoms with Crippen LogP contribution in [-0.2, 0) is 6.42 Å². The van der Waals surface area contributed by atoms with Crippen molar-refractivity contribution >= 4 is 22.6 Å². The van der Waals surface area contributed by atoms with Crippen molar-refractivity contribution in [2.75, 3.05) is 6.61 Å². The number of hydrogen-bond acceptors (Lipinski definition) is 3. The molecule has 2 heterocycles. The first-order valence-corrected chi connectivity index (χ1v) is 7.16. The highest BCUT2D eigenvalue weighted by molar-refractivity contribution is 6.33. The van der Waals surface area contributed by atoms with E-state index in [2.05, 4.69) is 18.8 Å². The topological polar surface area (TPSA) is 46.3 Å². The number of aliphatic hydroxyl groups is 1. The number of pyridine rings is 1. The first kappa shape index (κ1) is 17.9. The second-order valence-electron chi connectivity index (χ2n) is 3.86. The Morgan fingerprint density at radius 3 is 2.37 bits per heavy atom. The minimum absolute atomic E-state index is 0.0751. The first-order chi connectivity index (χ1) is 9.12. The Morgan fingerprint density at radius 2 is 1.84 bits per heavy atom. The molecule has 0 aliphatic heterocycles. The van der Waals surface area contributed by atoms with Crippen molar-refractivity contribution in [2.24, 2.45) is 0 Å². The van der Waals surface area contributed by atoms with Gasteiger partial charge in [0.1, 0.15) is 5.76 Å². The molecule has 2 aromatic rings. The predicted molar refractivity (Wildman–Crippen MR) is 81.9 cm³/mol. The fraction of sp³-hybridized carbons (Fsp3) is 0.533. The van der Waals surface area contributed by atoms with Gasteiger partial charge in [-0.1, -0.05) is 45.7 Å². The summed E-state index contributed by atoms with van der Waals surface area (Å²) in [5.41, 5.74) is 1.40. The number of aromatic nitrogens is 1. The maximum atomic E-state index is 8.78. The van der Waals surface area contributed by atoms with Gasteiger partial charge in [0.05, 0.1) is 0 Å². The summed E-state index contributed by atoms with van der Waals surface area (Å²) in [7, 11) is 0. The summed E-state index contributed by atoms with van der Waals surface area (Å²) in [5, 5.41) is 10.1. The molecule has 0 saturated carbocycles. The standard InChI is InChI=1S/C10H10ClNO2.C3H8.C2H6/c1-6-4-7-5-8(2-3-13)12-10(11)9(7)14-6;1-3-2;1-2/h4-5,13H,2-3H2,1H3;3H2,1-2H3;1-2H3. The average Bonchev–Trinajstić information content (AvgIpc) is 2.74. The van der Waals surface area contributed by atoms with Crippen molar-refractivity contribution < 1.29 is 9.52 Å². The molecule has 0 amide bonds. The van der Waals surface area contributed by atoms with Crippen molar-refractivity contribution in [3.63, 3.8) is 0 Å². The summed E-state index contributed by atoms with van der Waals surface area (Å²) in [4.78, 5) is 4.12. The van der Waals surface area contributed by atoms with Crippen molar-refractivity contribution in [1.82, 2.24) is 4.98 Å². The van der Waals surface area contributed by atoms with Gasteiger partial charge in [-0.05, 0) is 19.1 Å². The monoisotopic (exact) mass is 285 g/mol. The molecule has 0 aromatic carbocycles. The third-order valence-electron chi connectivity index (χ3n) is 2.00. The zero-order chi connectivity index (χ0) is 14.8. The molecule has 0 spiro atoms. The predicted octanol–water partition coefficient (Wildman–Crippen LogP) is 4.77. The maximum absolute atomic E-state index is 8.78. The molecule has 0 unspecified atom stereocenters. The molecule has 19 heavy (non-hydrogen) atoms. The number of rotatable bonds is 2. The van der Waals surface area contributed by atoms with Crippen molar-refractivity contribution in [1.29, 1.82) is 0 Å². The number of halogens is 1. The molecule has 0 aliphatic carbocycles. The fourth-order valence-corrected chi connectivity index (χ4v) is 1.69.